The molecule has 0 aromatic carbocycles. The van der Waals surface area contributed by atoms with Gasteiger partial charge in [0.15, 0.2) is 0 Å². The monoisotopic (exact) mass is 254 g/mol. The Labute approximate surface area is 115 Å². The molecule has 1 aliphatic rings. The van der Waals surface area contributed by atoms with Crippen LogP contribution in [-0.4, -0.2) is 35.6 Å². The summed E-state index contributed by atoms with van der Waals surface area (Å²) in [7, 11) is 0. The largest absolute Gasteiger partial charge is 0.309 e. The third-order valence-electron chi connectivity index (χ3n) is 4.29. The van der Waals surface area contributed by atoms with Gasteiger partial charge in [-0.05, 0) is 45.4 Å². The SMILES string of the molecule is CC(C)CCC(C)N1CC(C)(C)NCC1C(C)C. The highest BCUT2D eigenvalue weighted by Gasteiger charge is 2.35. The van der Waals surface area contributed by atoms with Crippen LogP contribution >= 0.6 is 0 Å². The minimum absolute atomic E-state index is 0.261. The first-order chi connectivity index (χ1) is 8.23. The Balaban J connectivity index is 2.65. The Hall–Kier alpha value is -0.0800. The van der Waals surface area contributed by atoms with E-state index in [0.29, 0.717) is 12.1 Å². The van der Waals surface area contributed by atoms with Gasteiger partial charge in [-0.2, -0.15) is 0 Å². The number of hydrogen-bond donors (Lipinski definition) is 1. The maximum Gasteiger partial charge on any atom is 0.0253 e. The number of nitrogens with zero attached hydrogens (tertiary/aromatic N) is 1. The van der Waals surface area contributed by atoms with Crippen LogP contribution in [0.25, 0.3) is 0 Å². The fourth-order valence-corrected chi connectivity index (χ4v) is 2.97. The molecule has 0 saturated carbocycles. The standard InChI is InChI=1S/C16H34N2/c1-12(2)8-9-14(5)18-11-16(6,7)17-10-15(18)13(3)4/h12-15,17H,8-11H2,1-7H3. The molecule has 1 saturated heterocycles. The summed E-state index contributed by atoms with van der Waals surface area (Å²) >= 11 is 0. The van der Waals surface area contributed by atoms with Crippen molar-refractivity contribution in [1.82, 2.24) is 10.2 Å². The van der Waals surface area contributed by atoms with Crippen molar-refractivity contribution in [3.63, 3.8) is 0 Å². The predicted octanol–water partition coefficient (Wildman–Crippen LogP) is 3.52. The van der Waals surface area contributed by atoms with Gasteiger partial charge >= 0.3 is 0 Å². The molecule has 108 valence electrons. The van der Waals surface area contributed by atoms with Crippen molar-refractivity contribution in [2.75, 3.05) is 13.1 Å². The summed E-state index contributed by atoms with van der Waals surface area (Å²) in [6.07, 6.45) is 2.67. The average molecular weight is 254 g/mol. The Bertz CT molecular complexity index is 245. The van der Waals surface area contributed by atoms with Gasteiger partial charge in [-0.25, -0.2) is 0 Å². The van der Waals surface area contributed by atoms with Gasteiger partial charge in [0.25, 0.3) is 0 Å². The Morgan fingerprint density at radius 1 is 1.11 bits per heavy atom. The number of piperazine rings is 1. The number of rotatable bonds is 5. The topological polar surface area (TPSA) is 15.3 Å². The molecule has 2 atom stereocenters. The van der Waals surface area contributed by atoms with E-state index in [-0.39, 0.29) is 5.54 Å². The molecular weight excluding hydrogens is 220 g/mol. The second-order valence-electron chi connectivity index (χ2n) is 7.57. The van der Waals surface area contributed by atoms with Crippen molar-refractivity contribution in [3.05, 3.63) is 0 Å². The van der Waals surface area contributed by atoms with Crippen molar-refractivity contribution in [1.29, 1.82) is 0 Å². The quantitative estimate of drug-likeness (QED) is 0.807. The summed E-state index contributed by atoms with van der Waals surface area (Å²) in [4.78, 5) is 2.75. The maximum atomic E-state index is 3.70. The molecule has 18 heavy (non-hydrogen) atoms. The van der Waals surface area contributed by atoms with Gasteiger partial charge in [-0.15, -0.1) is 0 Å². The first-order valence-corrected chi connectivity index (χ1v) is 7.73. The van der Waals surface area contributed by atoms with Gasteiger partial charge in [-0.3, -0.25) is 4.90 Å². The fraction of sp³-hybridized carbons (Fsp3) is 1.00. The molecule has 0 spiro atoms. The maximum absolute atomic E-state index is 3.70. The molecule has 1 rings (SSSR count). The van der Waals surface area contributed by atoms with E-state index in [1.54, 1.807) is 0 Å². The molecule has 1 fully saturated rings. The average Bonchev–Trinajstić information content (AvgIpc) is 2.23. The summed E-state index contributed by atoms with van der Waals surface area (Å²) in [6.45, 7) is 18.7. The van der Waals surface area contributed by atoms with Gasteiger partial charge < -0.3 is 5.32 Å². The minimum atomic E-state index is 0.261. The van der Waals surface area contributed by atoms with Crippen molar-refractivity contribution in [2.45, 2.75) is 78.9 Å². The summed E-state index contributed by atoms with van der Waals surface area (Å²) in [5.74, 6) is 1.55. The van der Waals surface area contributed by atoms with Gasteiger partial charge in [-0.1, -0.05) is 27.7 Å². The van der Waals surface area contributed by atoms with Crippen LogP contribution in [0.15, 0.2) is 0 Å². The third kappa shape index (κ3) is 4.55. The van der Waals surface area contributed by atoms with Crippen LogP contribution in [0, 0.1) is 11.8 Å². The molecule has 0 aliphatic carbocycles. The zero-order chi connectivity index (χ0) is 13.9. The highest BCUT2D eigenvalue weighted by atomic mass is 15.3. The highest BCUT2D eigenvalue weighted by Crippen LogP contribution is 2.24. The fourth-order valence-electron chi connectivity index (χ4n) is 2.97. The van der Waals surface area contributed by atoms with Crippen molar-refractivity contribution in [2.24, 2.45) is 11.8 Å². The van der Waals surface area contributed by atoms with Gasteiger partial charge in [0.1, 0.15) is 0 Å². The smallest absolute Gasteiger partial charge is 0.0253 e. The van der Waals surface area contributed by atoms with E-state index in [0.717, 1.165) is 18.4 Å². The Morgan fingerprint density at radius 2 is 1.72 bits per heavy atom. The zero-order valence-electron chi connectivity index (χ0n) is 13.6. The molecule has 0 amide bonds. The zero-order valence-corrected chi connectivity index (χ0v) is 13.6. The Kier molecular flexibility index (Phi) is 5.67. The summed E-state index contributed by atoms with van der Waals surface area (Å²) in [6, 6.07) is 1.40. The van der Waals surface area contributed by atoms with Gasteiger partial charge in [0.2, 0.25) is 0 Å². The van der Waals surface area contributed by atoms with E-state index >= 15 is 0 Å². The second-order valence-corrected chi connectivity index (χ2v) is 7.57. The Morgan fingerprint density at radius 3 is 2.22 bits per heavy atom. The molecule has 0 radical (unpaired) electrons. The van der Waals surface area contributed by atoms with E-state index in [4.69, 9.17) is 0 Å². The first kappa shape index (κ1) is 16.0. The van der Waals surface area contributed by atoms with Crippen molar-refractivity contribution in [3.8, 4) is 0 Å². The number of hydrogen-bond acceptors (Lipinski definition) is 2. The summed E-state index contributed by atoms with van der Waals surface area (Å²) in [5, 5.41) is 3.70. The van der Waals surface area contributed by atoms with Crippen LogP contribution in [0.1, 0.15) is 61.3 Å². The van der Waals surface area contributed by atoms with Gasteiger partial charge in [0, 0.05) is 30.7 Å². The van der Waals surface area contributed by atoms with Crippen LogP contribution in [0.5, 0.6) is 0 Å². The third-order valence-corrected chi connectivity index (χ3v) is 4.29. The predicted molar refractivity (Wildman–Crippen MR) is 80.9 cm³/mol. The molecule has 0 bridgehead atoms. The molecule has 2 unspecified atom stereocenters. The molecule has 2 nitrogen and oxygen atoms in total. The van der Waals surface area contributed by atoms with Crippen LogP contribution in [0.4, 0.5) is 0 Å². The molecule has 0 aromatic heterocycles. The van der Waals surface area contributed by atoms with E-state index in [1.807, 2.05) is 0 Å². The van der Waals surface area contributed by atoms with Crippen LogP contribution < -0.4 is 5.32 Å². The lowest BCUT2D eigenvalue weighted by Crippen LogP contribution is -2.64. The first-order valence-electron chi connectivity index (χ1n) is 7.73. The lowest BCUT2D eigenvalue weighted by molar-refractivity contribution is 0.0330. The van der Waals surface area contributed by atoms with Gasteiger partial charge in [0.05, 0.1) is 0 Å². The molecule has 2 heteroatoms. The normalized spacial score (nSPS) is 26.8. The van der Waals surface area contributed by atoms with Crippen LogP contribution in [-0.2, 0) is 0 Å². The van der Waals surface area contributed by atoms with Crippen molar-refractivity contribution >= 4 is 0 Å². The van der Waals surface area contributed by atoms with E-state index in [9.17, 15) is 0 Å². The van der Waals surface area contributed by atoms with Crippen molar-refractivity contribution < 1.29 is 0 Å². The molecule has 1 N–H and O–H groups in total. The van der Waals surface area contributed by atoms with Crippen LogP contribution in [0.2, 0.25) is 0 Å². The molecule has 0 aromatic rings. The second kappa shape index (κ2) is 6.38. The van der Waals surface area contributed by atoms with Crippen LogP contribution in [0.3, 0.4) is 0 Å². The van der Waals surface area contributed by atoms with E-state index in [1.165, 1.54) is 19.4 Å². The van der Waals surface area contributed by atoms with E-state index in [2.05, 4.69) is 58.7 Å². The number of nitrogens with one attached hydrogen (secondary N) is 1. The van der Waals surface area contributed by atoms with E-state index < -0.39 is 0 Å². The minimum Gasteiger partial charge on any atom is -0.309 e. The summed E-state index contributed by atoms with van der Waals surface area (Å²) < 4.78 is 0. The molecular formula is C16H34N2. The highest BCUT2D eigenvalue weighted by molar-refractivity contribution is 4.95. The lowest BCUT2D eigenvalue weighted by atomic mass is 9.90. The molecule has 1 aliphatic heterocycles. The summed E-state index contributed by atoms with van der Waals surface area (Å²) in [5.41, 5.74) is 0.261. The lowest BCUT2D eigenvalue weighted by Gasteiger charge is -2.49. The molecule has 1 heterocycles.